The molecule has 0 aliphatic rings. The highest BCUT2D eigenvalue weighted by Crippen LogP contribution is 2.12. The fourth-order valence-electron chi connectivity index (χ4n) is 3.54. The summed E-state index contributed by atoms with van der Waals surface area (Å²) in [6, 6.07) is 25.4. The number of benzene rings is 2. The smallest absolute Gasteiger partial charge is 0.255 e. The first-order chi connectivity index (χ1) is 20.0. The second-order valence-corrected chi connectivity index (χ2v) is 9.50. The molecule has 0 unspecified atom stereocenters. The van der Waals surface area contributed by atoms with Gasteiger partial charge in [0.15, 0.2) is 12.6 Å². The van der Waals surface area contributed by atoms with E-state index in [9.17, 15) is 19.2 Å². The number of rotatable bonds is 5. The minimum absolute atomic E-state index is 0. The number of carbonyl (C=O) groups is 2. The van der Waals surface area contributed by atoms with Gasteiger partial charge in [0, 0.05) is 52.8 Å². The Morgan fingerprint density at radius 1 is 0.689 bits per heavy atom. The standard InChI is InChI=1S/C15H11N3O2.C11H8INO.C4H4N2O.4CH4.H2/c19-10-12-9-17(11-16-12)13-4-6-14(7-5-13)18-8-2-1-3-15(18)20;12-9-4-6-10(7-5-9)13-8-2-1-3-11(13)14;7-2-4-1-5-3-6-4;;;;;/h1-11H;1-8H;1-3H,(H,5,6);4*1H4;1H/i;;;;;;;1+1. The largest absolute Gasteiger partial charge is 0.342 e. The molecule has 2 aromatic carbocycles. The number of carbonyl (C=O) groups excluding carboxylic acids is 2. The number of halogens is 1. The van der Waals surface area contributed by atoms with Gasteiger partial charge in [0.05, 0.1) is 18.2 Å². The van der Waals surface area contributed by atoms with Crippen LogP contribution in [0.15, 0.2) is 132 Å². The van der Waals surface area contributed by atoms with Gasteiger partial charge in [-0.25, -0.2) is 9.97 Å². The lowest BCUT2D eigenvalue weighted by atomic mass is 10.2. The Balaban J connectivity index is 0. The topological polar surface area (TPSA) is 125 Å². The van der Waals surface area contributed by atoms with E-state index < -0.39 is 0 Å². The van der Waals surface area contributed by atoms with Crippen LogP contribution in [0.2, 0.25) is 0 Å². The van der Waals surface area contributed by atoms with Crippen LogP contribution in [0.3, 0.4) is 0 Å². The van der Waals surface area contributed by atoms with Gasteiger partial charge in [-0.1, -0.05) is 41.8 Å². The van der Waals surface area contributed by atoms with Crippen molar-refractivity contribution in [3.05, 3.63) is 158 Å². The number of pyridine rings is 2. The lowest BCUT2D eigenvalue weighted by molar-refractivity contribution is 0.111. The van der Waals surface area contributed by atoms with Crippen molar-refractivity contribution in [1.29, 1.82) is 0 Å². The third-order valence-corrected chi connectivity index (χ3v) is 6.26. The first-order valence-electron chi connectivity index (χ1n) is 12.1. The van der Waals surface area contributed by atoms with Crippen LogP contribution in [0.4, 0.5) is 0 Å². The van der Waals surface area contributed by atoms with E-state index in [2.05, 4.69) is 37.5 Å². The molecule has 10 nitrogen and oxygen atoms in total. The molecule has 0 aliphatic carbocycles. The Bertz CT molecular complexity index is 1830. The number of aromatic nitrogens is 6. The minimum Gasteiger partial charge on any atom is -0.342 e. The average Bonchev–Trinajstić information content (AvgIpc) is 3.72. The number of hydrogen-bond acceptors (Lipinski definition) is 6. The zero-order valence-electron chi connectivity index (χ0n) is 21.4. The van der Waals surface area contributed by atoms with Gasteiger partial charge in [0.1, 0.15) is 12.0 Å². The molecular formula is C34H41IN6O4. The van der Waals surface area contributed by atoms with Crippen molar-refractivity contribution in [2.24, 2.45) is 0 Å². The molecule has 0 atom stereocenters. The summed E-state index contributed by atoms with van der Waals surface area (Å²) in [5.41, 5.74) is 3.37. The number of nitrogens with one attached hydrogen (secondary N) is 1. The second kappa shape index (κ2) is 19.9. The molecule has 6 rings (SSSR count). The van der Waals surface area contributed by atoms with E-state index in [0.29, 0.717) is 24.0 Å². The van der Waals surface area contributed by atoms with Crippen LogP contribution in [-0.4, -0.2) is 41.2 Å². The molecule has 4 aromatic heterocycles. The molecule has 4 heterocycles. The van der Waals surface area contributed by atoms with Gasteiger partial charge < -0.3 is 9.55 Å². The second-order valence-electron chi connectivity index (χ2n) is 8.26. The van der Waals surface area contributed by atoms with Crippen LogP contribution in [-0.2, 0) is 0 Å². The van der Waals surface area contributed by atoms with Crippen molar-refractivity contribution in [3.63, 3.8) is 0 Å². The molecule has 0 spiro atoms. The zero-order valence-corrected chi connectivity index (χ0v) is 23.6. The molecule has 0 aliphatic heterocycles. The van der Waals surface area contributed by atoms with Crippen molar-refractivity contribution in [2.45, 2.75) is 29.7 Å². The third kappa shape index (κ3) is 11.1. The van der Waals surface area contributed by atoms with E-state index in [1.807, 2.05) is 60.7 Å². The maximum Gasteiger partial charge on any atom is 0.255 e. The molecule has 0 amide bonds. The fraction of sp³-hybridized carbons (Fsp3) is 0.118. The summed E-state index contributed by atoms with van der Waals surface area (Å²) in [5, 5.41) is 0. The lowest BCUT2D eigenvalue weighted by Crippen LogP contribution is -2.15. The molecule has 0 saturated heterocycles. The molecule has 0 fully saturated rings. The van der Waals surface area contributed by atoms with Gasteiger partial charge >= 0.3 is 0 Å². The number of aldehydes is 2. The van der Waals surface area contributed by atoms with Gasteiger partial charge in [-0.15, -0.1) is 0 Å². The Morgan fingerprint density at radius 2 is 1.20 bits per heavy atom. The number of H-pyrrole nitrogens is 1. The number of hydrogen-bond donors (Lipinski definition) is 1. The van der Waals surface area contributed by atoms with Crippen LogP contribution in [0.25, 0.3) is 17.1 Å². The maximum absolute atomic E-state index is 11.7. The molecular weight excluding hydrogens is 683 g/mol. The number of aromatic amines is 1. The molecule has 6 aromatic rings. The highest BCUT2D eigenvalue weighted by atomic mass is 127. The zero-order chi connectivity index (χ0) is 29.0. The summed E-state index contributed by atoms with van der Waals surface area (Å²) < 4.78 is 6.10. The summed E-state index contributed by atoms with van der Waals surface area (Å²) in [4.78, 5) is 53.8. The minimum atomic E-state index is -0.0777. The molecule has 1 N–H and O–H groups in total. The molecule has 0 saturated carbocycles. The summed E-state index contributed by atoms with van der Waals surface area (Å²) in [6.07, 6.45) is 11.1. The quantitative estimate of drug-likeness (QED) is 0.147. The molecule has 11 heteroatoms. The predicted molar refractivity (Wildman–Crippen MR) is 192 cm³/mol. The van der Waals surface area contributed by atoms with Gasteiger partial charge in [-0.05, 0) is 83.3 Å². The number of imidazole rings is 2. The van der Waals surface area contributed by atoms with E-state index in [-0.39, 0.29) is 42.3 Å². The maximum atomic E-state index is 11.7. The monoisotopic (exact) mass is 725 g/mol. The first kappa shape index (κ1) is 39.8. The van der Waals surface area contributed by atoms with E-state index in [1.165, 1.54) is 18.6 Å². The Labute approximate surface area is 278 Å². The average molecular weight is 726 g/mol. The summed E-state index contributed by atoms with van der Waals surface area (Å²) in [5.74, 6) is 0. The van der Waals surface area contributed by atoms with Crippen molar-refractivity contribution in [1.82, 2.24) is 28.7 Å². The molecule has 45 heavy (non-hydrogen) atoms. The lowest BCUT2D eigenvalue weighted by Gasteiger charge is -2.06. The van der Waals surface area contributed by atoms with E-state index in [1.54, 1.807) is 56.8 Å². The normalized spacial score (nSPS) is 9.09. The van der Waals surface area contributed by atoms with E-state index in [0.717, 1.165) is 20.6 Å². The fourth-order valence-corrected chi connectivity index (χ4v) is 3.90. The van der Waals surface area contributed by atoms with Crippen molar-refractivity contribution >= 4 is 35.2 Å². The Hall–Kier alpha value is -5.17. The highest BCUT2D eigenvalue weighted by Gasteiger charge is 2.02. The van der Waals surface area contributed by atoms with E-state index in [4.69, 9.17) is 0 Å². The summed E-state index contributed by atoms with van der Waals surface area (Å²) in [6.45, 7) is 0. The van der Waals surface area contributed by atoms with Crippen LogP contribution in [0.1, 0.15) is 52.1 Å². The summed E-state index contributed by atoms with van der Waals surface area (Å²) >= 11 is 2.24. The van der Waals surface area contributed by atoms with Crippen molar-refractivity contribution in [3.8, 4) is 17.1 Å². The third-order valence-electron chi connectivity index (χ3n) is 5.55. The highest BCUT2D eigenvalue weighted by molar-refractivity contribution is 14.1. The van der Waals surface area contributed by atoms with Crippen LogP contribution in [0, 0.1) is 3.57 Å². The SMILES string of the molecule is C.C.C.C.O=Cc1cn(-c2ccc(-n3ccccc3=O)cc2)cn1.O=Cc1cnc[nH]1.O=c1ccccn1-c1ccc(I)cc1.[2HH]. The van der Waals surface area contributed by atoms with Gasteiger partial charge in [0.25, 0.3) is 11.1 Å². The van der Waals surface area contributed by atoms with Crippen LogP contribution < -0.4 is 11.1 Å². The van der Waals surface area contributed by atoms with Gasteiger partial charge in [-0.3, -0.25) is 28.3 Å². The molecule has 238 valence electrons. The molecule has 0 bridgehead atoms. The van der Waals surface area contributed by atoms with Gasteiger partial charge in [-0.2, -0.15) is 0 Å². The Morgan fingerprint density at radius 3 is 1.60 bits per heavy atom. The first-order valence-corrected chi connectivity index (χ1v) is 13.2. The van der Waals surface area contributed by atoms with Crippen LogP contribution >= 0.6 is 22.6 Å². The van der Waals surface area contributed by atoms with Crippen molar-refractivity contribution < 1.29 is 11.0 Å². The van der Waals surface area contributed by atoms with Crippen LogP contribution in [0.5, 0.6) is 0 Å². The predicted octanol–water partition coefficient (Wildman–Crippen LogP) is 7.29. The van der Waals surface area contributed by atoms with E-state index >= 15 is 0 Å². The van der Waals surface area contributed by atoms with Crippen molar-refractivity contribution in [2.75, 3.05) is 0 Å². The summed E-state index contributed by atoms with van der Waals surface area (Å²) in [7, 11) is 0. The van der Waals surface area contributed by atoms with Gasteiger partial charge in [0.2, 0.25) is 0 Å². The Kier molecular flexibility index (Phi) is 17.6. The molecule has 0 radical (unpaired) electrons. The number of nitrogens with zero attached hydrogens (tertiary/aromatic N) is 5.